The highest BCUT2D eigenvalue weighted by atomic mass is 16.4. The molecule has 3 unspecified atom stereocenters. The molecule has 7 heteroatoms. The molecule has 0 amide bonds. The van der Waals surface area contributed by atoms with Gasteiger partial charge in [-0.05, 0) is 32.1 Å². The molecule has 0 radical (unpaired) electrons. The summed E-state index contributed by atoms with van der Waals surface area (Å²) in [7, 11) is 0. The number of carboxylic acid groups (broad SMARTS) is 3. The van der Waals surface area contributed by atoms with Crippen LogP contribution in [-0.2, 0) is 14.4 Å². The lowest BCUT2D eigenvalue weighted by molar-refractivity contribution is -0.929. The van der Waals surface area contributed by atoms with E-state index in [2.05, 4.69) is 19.1 Å². The largest absolute Gasteiger partial charge is 0.481 e. The highest BCUT2D eigenvalue weighted by Gasteiger charge is 2.31. The lowest BCUT2D eigenvalue weighted by atomic mass is 10.0. The molecule has 0 aliphatic heterocycles. The molecule has 0 aromatic heterocycles. The first kappa shape index (κ1) is 36.1. The Morgan fingerprint density at radius 2 is 0.895 bits per heavy atom. The maximum atomic E-state index is 11.5. The summed E-state index contributed by atoms with van der Waals surface area (Å²) in [5, 5.41) is 28.2. The number of carboxylic acids is 3. The van der Waals surface area contributed by atoms with Crippen molar-refractivity contribution in [3.63, 3.8) is 0 Å². The molecule has 222 valence electrons. The summed E-state index contributed by atoms with van der Waals surface area (Å²) in [4.78, 5) is 34.4. The smallest absolute Gasteiger partial charge is 0.306 e. The van der Waals surface area contributed by atoms with Gasteiger partial charge < -0.3 is 19.8 Å². The number of rotatable bonds is 26. The van der Waals surface area contributed by atoms with Gasteiger partial charge in [0.25, 0.3) is 0 Å². The zero-order chi connectivity index (χ0) is 28.8. The van der Waals surface area contributed by atoms with E-state index >= 15 is 0 Å². The normalized spacial score (nSPS) is 15.7. The van der Waals surface area contributed by atoms with Gasteiger partial charge >= 0.3 is 17.9 Å². The van der Waals surface area contributed by atoms with Gasteiger partial charge in [0, 0.05) is 19.3 Å². The first-order chi connectivity index (χ1) is 18.0. The Hall–Kier alpha value is -1.89. The Morgan fingerprint density at radius 1 is 0.553 bits per heavy atom. The quantitative estimate of drug-likeness (QED) is 0.0599. The lowest BCUT2D eigenvalue weighted by Crippen LogP contribution is -2.52. The van der Waals surface area contributed by atoms with E-state index in [1.54, 1.807) is 20.8 Å². The molecule has 0 aromatic carbocycles. The van der Waals surface area contributed by atoms with Crippen molar-refractivity contribution in [1.82, 2.24) is 0 Å². The Labute approximate surface area is 232 Å². The van der Waals surface area contributed by atoms with Gasteiger partial charge in [-0.25, -0.2) is 0 Å². The minimum atomic E-state index is -0.826. The highest BCUT2D eigenvalue weighted by molar-refractivity contribution is 5.70. The van der Waals surface area contributed by atoms with Crippen LogP contribution < -0.4 is 0 Å². The predicted molar refractivity (Wildman–Crippen MR) is 154 cm³/mol. The number of unbranched alkanes of at least 4 members (excludes halogenated alkanes) is 10. The summed E-state index contributed by atoms with van der Waals surface area (Å²) in [6, 6.07) is 0. The van der Waals surface area contributed by atoms with Crippen molar-refractivity contribution < 1.29 is 34.2 Å². The van der Waals surface area contributed by atoms with E-state index in [0.29, 0.717) is 43.4 Å². The monoisotopic (exact) mass is 540 g/mol. The van der Waals surface area contributed by atoms with E-state index in [9.17, 15) is 29.7 Å². The molecular formula is C31H58NO6+. The summed E-state index contributed by atoms with van der Waals surface area (Å²) in [6.07, 6.45) is 20.6. The molecule has 0 aromatic rings. The van der Waals surface area contributed by atoms with Crippen LogP contribution in [0.1, 0.15) is 124 Å². The van der Waals surface area contributed by atoms with Gasteiger partial charge in [-0.3, -0.25) is 14.4 Å². The molecular weight excluding hydrogens is 482 g/mol. The van der Waals surface area contributed by atoms with Gasteiger partial charge in [-0.15, -0.1) is 0 Å². The molecule has 0 spiro atoms. The van der Waals surface area contributed by atoms with Crippen molar-refractivity contribution >= 4 is 17.9 Å². The van der Waals surface area contributed by atoms with Crippen molar-refractivity contribution in [3.8, 4) is 0 Å². The fourth-order valence-electron chi connectivity index (χ4n) is 4.77. The van der Waals surface area contributed by atoms with E-state index in [0.717, 1.165) is 19.4 Å². The summed E-state index contributed by atoms with van der Waals surface area (Å²) in [5.41, 5.74) is 0. The predicted octanol–water partition coefficient (Wildman–Crippen LogP) is 7.39. The van der Waals surface area contributed by atoms with Crippen LogP contribution >= 0.6 is 0 Å². The third kappa shape index (κ3) is 18.4. The van der Waals surface area contributed by atoms with Crippen molar-refractivity contribution in [2.75, 3.05) is 26.2 Å². The van der Waals surface area contributed by atoms with E-state index < -0.39 is 35.7 Å². The van der Waals surface area contributed by atoms with Gasteiger partial charge in [0.2, 0.25) is 0 Å². The zero-order valence-electron chi connectivity index (χ0n) is 24.8. The third-order valence-corrected chi connectivity index (χ3v) is 8.02. The van der Waals surface area contributed by atoms with Gasteiger partial charge in [0.15, 0.2) is 0 Å². The van der Waals surface area contributed by atoms with E-state index in [1.165, 1.54) is 64.2 Å². The summed E-state index contributed by atoms with van der Waals surface area (Å²) in [6.45, 7) is 10.1. The van der Waals surface area contributed by atoms with Crippen LogP contribution in [0.3, 0.4) is 0 Å². The van der Waals surface area contributed by atoms with Crippen LogP contribution in [0.2, 0.25) is 0 Å². The van der Waals surface area contributed by atoms with Gasteiger partial charge in [0.1, 0.15) is 0 Å². The molecule has 7 nitrogen and oxygen atoms in total. The molecule has 3 atom stereocenters. The first-order valence-corrected chi connectivity index (χ1v) is 15.2. The molecule has 0 rings (SSSR count). The van der Waals surface area contributed by atoms with Crippen molar-refractivity contribution in [3.05, 3.63) is 12.2 Å². The average Bonchev–Trinajstić information content (AvgIpc) is 2.88. The maximum absolute atomic E-state index is 11.5. The molecule has 0 bridgehead atoms. The lowest BCUT2D eigenvalue weighted by Gasteiger charge is -2.40. The fraction of sp³-hybridized carbons (Fsp3) is 0.839. The maximum Gasteiger partial charge on any atom is 0.306 e. The van der Waals surface area contributed by atoms with E-state index in [4.69, 9.17) is 0 Å². The molecule has 0 aliphatic rings. The molecule has 0 heterocycles. The van der Waals surface area contributed by atoms with Gasteiger partial charge in [-0.1, -0.05) is 84.8 Å². The molecule has 38 heavy (non-hydrogen) atoms. The number of allylic oxidation sites excluding steroid dienone is 2. The second-order valence-electron chi connectivity index (χ2n) is 11.6. The molecule has 0 fully saturated rings. The summed E-state index contributed by atoms with van der Waals surface area (Å²) < 4.78 is 0.610. The van der Waals surface area contributed by atoms with Gasteiger partial charge in [0.05, 0.1) is 43.9 Å². The van der Waals surface area contributed by atoms with Crippen molar-refractivity contribution in [2.24, 2.45) is 17.8 Å². The van der Waals surface area contributed by atoms with E-state index in [1.807, 2.05) is 0 Å². The number of hydrogen-bond acceptors (Lipinski definition) is 3. The van der Waals surface area contributed by atoms with Crippen LogP contribution in [0, 0.1) is 17.8 Å². The Balaban J connectivity index is 4.78. The second kappa shape index (κ2) is 22.0. The number of aliphatic carboxylic acids is 3. The number of hydrogen-bond donors (Lipinski definition) is 3. The standard InChI is InChI=1S/C31H57NO6/c1-5-6-7-8-9-10-11-12-13-14-15-16-17-18-22-32(23-19-26(2)29(33)34,24-20-27(3)30(35)36)25-21-28(4)31(37)38/h8-9,26-28H,5-7,10-25H2,1-4H3,(H2-,33,34,35,36,37,38)/p+1/b9-8+. The SMILES string of the molecule is CCCC/C=C/CCCCCCCCCC[N+](CCC(C)C(=O)O)(CCC(C)C(=O)O)CCC(C)C(=O)O. The minimum Gasteiger partial charge on any atom is -0.481 e. The first-order valence-electron chi connectivity index (χ1n) is 15.2. The number of nitrogens with zero attached hydrogens (tertiary/aromatic N) is 1. The number of carbonyl (C=O) groups is 3. The molecule has 0 saturated heterocycles. The fourth-order valence-corrected chi connectivity index (χ4v) is 4.77. The van der Waals surface area contributed by atoms with Crippen LogP contribution in [-0.4, -0.2) is 63.9 Å². The van der Waals surface area contributed by atoms with Crippen molar-refractivity contribution in [1.29, 1.82) is 0 Å². The van der Waals surface area contributed by atoms with Crippen LogP contribution in [0.4, 0.5) is 0 Å². The summed E-state index contributed by atoms with van der Waals surface area (Å²) >= 11 is 0. The minimum absolute atomic E-state index is 0.479. The molecule has 0 aliphatic carbocycles. The van der Waals surface area contributed by atoms with E-state index in [-0.39, 0.29) is 0 Å². The molecule has 0 saturated carbocycles. The van der Waals surface area contributed by atoms with Crippen LogP contribution in [0.5, 0.6) is 0 Å². The van der Waals surface area contributed by atoms with Crippen molar-refractivity contribution in [2.45, 2.75) is 124 Å². The average molecular weight is 541 g/mol. The Kier molecular flexibility index (Phi) is 20.9. The highest BCUT2D eigenvalue weighted by Crippen LogP contribution is 2.22. The molecule has 3 N–H and O–H groups in total. The Bertz CT molecular complexity index is 617. The van der Waals surface area contributed by atoms with Gasteiger partial charge in [-0.2, -0.15) is 0 Å². The summed E-state index contributed by atoms with van der Waals surface area (Å²) in [5.74, 6) is -3.91. The second-order valence-corrected chi connectivity index (χ2v) is 11.6. The zero-order valence-corrected chi connectivity index (χ0v) is 24.8. The van der Waals surface area contributed by atoms with Crippen LogP contribution in [0.25, 0.3) is 0 Å². The van der Waals surface area contributed by atoms with Crippen LogP contribution in [0.15, 0.2) is 12.2 Å². The topological polar surface area (TPSA) is 112 Å². The Morgan fingerprint density at radius 3 is 1.26 bits per heavy atom. The number of quaternary nitrogens is 1. The third-order valence-electron chi connectivity index (χ3n) is 8.02.